The molecule has 0 unspecified atom stereocenters. The molecule has 1 N–H and O–H groups in total. The van der Waals surface area contributed by atoms with E-state index in [0.29, 0.717) is 0 Å². The zero-order valence-corrected chi connectivity index (χ0v) is 19.2. The smallest absolute Gasteiger partial charge is 0.410 e. The van der Waals surface area contributed by atoms with Crippen molar-refractivity contribution in [2.24, 2.45) is 0 Å². The van der Waals surface area contributed by atoms with Crippen molar-refractivity contribution < 1.29 is 33.6 Å². The first-order valence-corrected chi connectivity index (χ1v) is 10.6. The van der Waals surface area contributed by atoms with Gasteiger partial charge in [-0.15, -0.1) is 6.58 Å². The molecule has 0 spiro atoms. The molecule has 0 heterocycles. The Labute approximate surface area is 195 Å². The van der Waals surface area contributed by atoms with Crippen LogP contribution in [-0.4, -0.2) is 68.8 Å². The number of hydrogen-bond acceptors (Lipinski definition) is 7. The number of nitrogens with zero attached hydrogens (tertiary/aromatic N) is 1. The van der Waals surface area contributed by atoms with E-state index in [0.717, 1.165) is 11.1 Å². The van der Waals surface area contributed by atoms with Crippen LogP contribution in [0.3, 0.4) is 0 Å². The average Bonchev–Trinajstić information content (AvgIpc) is 2.86. The Balaban J connectivity index is 2.31. The molecule has 0 fully saturated rings. The van der Waals surface area contributed by atoms with Crippen LogP contribution in [0, 0.1) is 0 Å². The predicted octanol–water partition coefficient (Wildman–Crippen LogP) is 3.35. The summed E-state index contributed by atoms with van der Waals surface area (Å²) in [7, 11) is 2.97. The highest BCUT2D eigenvalue weighted by molar-refractivity contribution is 5.68. The fourth-order valence-electron chi connectivity index (χ4n) is 3.29. The normalized spacial score (nSPS) is 13.7. The van der Waals surface area contributed by atoms with Gasteiger partial charge >= 0.3 is 6.09 Å². The second kappa shape index (κ2) is 15.2. The fourth-order valence-corrected chi connectivity index (χ4v) is 3.29. The Kier molecular flexibility index (Phi) is 12.2. The Hall–Kier alpha value is -2.75. The van der Waals surface area contributed by atoms with Crippen molar-refractivity contribution >= 4 is 6.09 Å². The SMILES string of the molecule is C=C[C@H]([C@H](OCOC)[C@H](CO)OCOC)N(Cc1ccccc1)C(=O)OCc1ccccc1. The van der Waals surface area contributed by atoms with E-state index in [1.54, 1.807) is 6.08 Å². The van der Waals surface area contributed by atoms with Crippen molar-refractivity contribution in [2.75, 3.05) is 34.4 Å². The first-order chi connectivity index (χ1) is 16.1. The second-order valence-electron chi connectivity index (χ2n) is 7.21. The molecule has 0 saturated heterocycles. The van der Waals surface area contributed by atoms with Gasteiger partial charge in [0.15, 0.2) is 0 Å². The van der Waals surface area contributed by atoms with Crippen LogP contribution >= 0.6 is 0 Å². The molecule has 0 saturated carbocycles. The molecule has 0 aliphatic rings. The molecule has 2 aromatic rings. The highest BCUT2D eigenvalue weighted by Gasteiger charge is 2.36. The zero-order valence-electron chi connectivity index (χ0n) is 19.2. The van der Waals surface area contributed by atoms with E-state index in [-0.39, 0.29) is 33.3 Å². The molecular weight excluding hydrogens is 426 g/mol. The van der Waals surface area contributed by atoms with Gasteiger partial charge in [0.1, 0.15) is 32.4 Å². The van der Waals surface area contributed by atoms with Crippen LogP contribution in [-0.2, 0) is 36.8 Å². The molecule has 8 nitrogen and oxygen atoms in total. The van der Waals surface area contributed by atoms with E-state index < -0.39 is 24.3 Å². The number of ether oxygens (including phenoxy) is 5. The predicted molar refractivity (Wildman–Crippen MR) is 123 cm³/mol. The first kappa shape index (κ1) is 26.5. The van der Waals surface area contributed by atoms with Crippen LogP contribution in [0.2, 0.25) is 0 Å². The summed E-state index contributed by atoms with van der Waals surface area (Å²) in [5.41, 5.74) is 1.76. The number of carbonyl (C=O) groups is 1. The molecule has 0 aliphatic carbocycles. The molecular formula is C25H33NO7. The molecule has 180 valence electrons. The maximum Gasteiger partial charge on any atom is 0.410 e. The number of aliphatic hydroxyl groups excluding tert-OH is 1. The fraction of sp³-hybridized carbons (Fsp3) is 0.400. The van der Waals surface area contributed by atoms with Crippen LogP contribution < -0.4 is 0 Å². The van der Waals surface area contributed by atoms with Gasteiger partial charge in [0, 0.05) is 20.8 Å². The van der Waals surface area contributed by atoms with Crippen LogP contribution in [0.4, 0.5) is 4.79 Å². The minimum Gasteiger partial charge on any atom is -0.445 e. The van der Waals surface area contributed by atoms with Crippen molar-refractivity contribution in [3.8, 4) is 0 Å². The van der Waals surface area contributed by atoms with Gasteiger partial charge in [-0.3, -0.25) is 4.90 Å². The highest BCUT2D eigenvalue weighted by Crippen LogP contribution is 2.21. The van der Waals surface area contributed by atoms with Crippen molar-refractivity contribution in [2.45, 2.75) is 31.4 Å². The Morgan fingerprint density at radius 2 is 1.55 bits per heavy atom. The Morgan fingerprint density at radius 1 is 0.970 bits per heavy atom. The summed E-state index contributed by atoms with van der Waals surface area (Å²) in [6, 6.07) is 18.2. The lowest BCUT2D eigenvalue weighted by molar-refractivity contribution is -0.179. The minimum atomic E-state index is -0.803. The third kappa shape index (κ3) is 8.60. The topological polar surface area (TPSA) is 86.7 Å². The average molecular weight is 460 g/mol. The maximum absolute atomic E-state index is 13.3. The lowest BCUT2D eigenvalue weighted by atomic mass is 10.0. The van der Waals surface area contributed by atoms with E-state index in [1.807, 2.05) is 60.7 Å². The largest absolute Gasteiger partial charge is 0.445 e. The number of amides is 1. The highest BCUT2D eigenvalue weighted by atomic mass is 16.7. The van der Waals surface area contributed by atoms with E-state index in [2.05, 4.69) is 6.58 Å². The standard InChI is InChI=1S/C25H33NO7/c1-4-22(24(33-19-30-3)23(16-27)32-18-29-2)26(15-20-11-7-5-8-12-20)25(28)31-17-21-13-9-6-10-14-21/h4-14,22-24,27H,1,15-19H2,2-3H3/t22-,23+,24+/m1/s1. The molecule has 2 aromatic carbocycles. The van der Waals surface area contributed by atoms with Crippen LogP contribution in [0.25, 0.3) is 0 Å². The Bertz CT molecular complexity index is 803. The summed E-state index contributed by atoms with van der Waals surface area (Å²) in [6.45, 7) is 3.77. The van der Waals surface area contributed by atoms with Crippen LogP contribution in [0.15, 0.2) is 73.3 Å². The van der Waals surface area contributed by atoms with Crippen molar-refractivity contribution in [3.63, 3.8) is 0 Å². The monoisotopic (exact) mass is 459 g/mol. The summed E-state index contributed by atoms with van der Waals surface area (Å²) in [6.07, 6.45) is -0.577. The van der Waals surface area contributed by atoms with Gasteiger partial charge < -0.3 is 28.8 Å². The van der Waals surface area contributed by atoms with E-state index in [1.165, 1.54) is 19.1 Å². The van der Waals surface area contributed by atoms with Gasteiger partial charge in [-0.25, -0.2) is 4.79 Å². The molecule has 0 aliphatic heterocycles. The van der Waals surface area contributed by atoms with E-state index >= 15 is 0 Å². The van der Waals surface area contributed by atoms with E-state index in [9.17, 15) is 9.90 Å². The number of hydrogen-bond donors (Lipinski definition) is 1. The zero-order chi connectivity index (χ0) is 23.9. The summed E-state index contributed by atoms with van der Waals surface area (Å²) in [4.78, 5) is 14.8. The van der Waals surface area contributed by atoms with Crippen LogP contribution in [0.5, 0.6) is 0 Å². The van der Waals surface area contributed by atoms with Crippen molar-refractivity contribution in [1.82, 2.24) is 4.90 Å². The molecule has 0 bridgehead atoms. The molecule has 0 radical (unpaired) electrons. The summed E-state index contributed by atoms with van der Waals surface area (Å²) in [5, 5.41) is 9.96. The number of rotatable bonds is 15. The molecule has 8 heteroatoms. The van der Waals surface area contributed by atoms with Gasteiger partial charge in [0.2, 0.25) is 0 Å². The summed E-state index contributed by atoms with van der Waals surface area (Å²) < 4.78 is 27.1. The first-order valence-electron chi connectivity index (χ1n) is 10.6. The molecule has 2 rings (SSSR count). The number of aliphatic hydroxyl groups is 1. The lowest BCUT2D eigenvalue weighted by Gasteiger charge is -2.37. The number of benzene rings is 2. The third-order valence-corrected chi connectivity index (χ3v) is 4.90. The van der Waals surface area contributed by atoms with Crippen LogP contribution in [0.1, 0.15) is 11.1 Å². The molecule has 0 aromatic heterocycles. The van der Waals surface area contributed by atoms with Crippen molar-refractivity contribution in [3.05, 3.63) is 84.4 Å². The summed E-state index contributed by atoms with van der Waals surface area (Å²) in [5.74, 6) is 0. The molecule has 1 amide bonds. The molecule has 33 heavy (non-hydrogen) atoms. The number of methoxy groups -OCH3 is 2. The maximum atomic E-state index is 13.3. The quantitative estimate of drug-likeness (QED) is 0.323. The lowest BCUT2D eigenvalue weighted by Crippen LogP contribution is -2.53. The van der Waals surface area contributed by atoms with Crippen molar-refractivity contribution in [1.29, 1.82) is 0 Å². The van der Waals surface area contributed by atoms with E-state index in [4.69, 9.17) is 23.7 Å². The van der Waals surface area contributed by atoms with Gasteiger partial charge in [-0.05, 0) is 11.1 Å². The minimum absolute atomic E-state index is 0.0565. The Morgan fingerprint density at radius 3 is 2.09 bits per heavy atom. The van der Waals surface area contributed by atoms with Gasteiger partial charge in [-0.2, -0.15) is 0 Å². The molecule has 3 atom stereocenters. The van der Waals surface area contributed by atoms with Gasteiger partial charge in [0.05, 0.1) is 12.6 Å². The third-order valence-electron chi connectivity index (χ3n) is 4.90. The summed E-state index contributed by atoms with van der Waals surface area (Å²) >= 11 is 0. The van der Waals surface area contributed by atoms with Gasteiger partial charge in [-0.1, -0.05) is 66.7 Å². The number of carbonyl (C=O) groups excluding carboxylic acids is 1. The second-order valence-corrected chi connectivity index (χ2v) is 7.21. The van der Waals surface area contributed by atoms with Gasteiger partial charge in [0.25, 0.3) is 0 Å².